The Balaban J connectivity index is 1.39. The van der Waals surface area contributed by atoms with Gasteiger partial charge in [0, 0.05) is 22.5 Å². The Kier molecular flexibility index (Phi) is 5.13. The van der Waals surface area contributed by atoms with Gasteiger partial charge in [0.05, 0.1) is 6.20 Å². The molecule has 9 heteroatoms. The van der Waals surface area contributed by atoms with Gasteiger partial charge in [-0.15, -0.1) is 0 Å². The second-order valence-corrected chi connectivity index (χ2v) is 8.30. The van der Waals surface area contributed by atoms with E-state index in [1.165, 1.54) is 0 Å². The highest BCUT2D eigenvalue weighted by Gasteiger charge is 2.40. The van der Waals surface area contributed by atoms with Crippen LogP contribution >= 0.6 is 11.8 Å². The van der Waals surface area contributed by atoms with Gasteiger partial charge in [0.15, 0.2) is 5.09 Å². The van der Waals surface area contributed by atoms with Gasteiger partial charge in [0.1, 0.15) is 0 Å². The minimum absolute atomic E-state index is 0.0469. The van der Waals surface area contributed by atoms with E-state index in [2.05, 4.69) is 22.1 Å². The van der Waals surface area contributed by atoms with Crippen LogP contribution in [0.1, 0.15) is 36.0 Å². The maximum absolute atomic E-state index is 12.6. The van der Waals surface area contributed by atoms with Crippen LogP contribution in [-0.4, -0.2) is 41.0 Å². The number of carbonyl (C=O) groups excluding carboxylic acids is 1. The second kappa shape index (κ2) is 7.44. The lowest BCUT2D eigenvalue weighted by Gasteiger charge is -2.49. The van der Waals surface area contributed by atoms with E-state index in [1.54, 1.807) is 24.3 Å². The van der Waals surface area contributed by atoms with Crippen molar-refractivity contribution in [3.8, 4) is 0 Å². The number of oxazole rings is 1. The zero-order chi connectivity index (χ0) is 19.9. The van der Waals surface area contributed by atoms with E-state index < -0.39 is 12.1 Å². The number of benzene rings is 1. The molecule has 5 rings (SSSR count). The summed E-state index contributed by atoms with van der Waals surface area (Å²) < 4.78 is 42.3. The highest BCUT2D eigenvalue weighted by Crippen LogP contribution is 2.35. The largest absolute Gasteiger partial charge is 0.468 e. The van der Waals surface area contributed by atoms with E-state index in [4.69, 9.17) is 4.42 Å². The van der Waals surface area contributed by atoms with Gasteiger partial charge in [-0.25, -0.2) is 4.98 Å². The maximum Gasteiger partial charge on any atom is 0.468 e. The van der Waals surface area contributed by atoms with Crippen LogP contribution in [0.25, 0.3) is 0 Å². The molecule has 0 radical (unpaired) electrons. The van der Waals surface area contributed by atoms with Crippen molar-refractivity contribution in [1.82, 2.24) is 15.2 Å². The van der Waals surface area contributed by atoms with Crippen LogP contribution in [0.15, 0.2) is 44.9 Å². The molecule has 0 saturated carbocycles. The molecule has 3 aliphatic rings. The van der Waals surface area contributed by atoms with Gasteiger partial charge >= 0.3 is 12.1 Å². The fourth-order valence-corrected chi connectivity index (χ4v) is 4.74. The highest BCUT2D eigenvalue weighted by atomic mass is 32.2. The predicted octanol–water partition coefficient (Wildman–Crippen LogP) is 4.06. The SMILES string of the molecule is CC1C(NC(=O)c2ccc(Sc3cnc(C(F)(F)F)o3)cc2)C2CCN1CC2. The van der Waals surface area contributed by atoms with Crippen molar-refractivity contribution >= 4 is 17.7 Å². The first kappa shape index (κ1) is 19.3. The molecular weight excluding hydrogens is 391 g/mol. The highest BCUT2D eigenvalue weighted by molar-refractivity contribution is 7.99. The summed E-state index contributed by atoms with van der Waals surface area (Å²) in [5, 5.41) is 3.21. The van der Waals surface area contributed by atoms with Gasteiger partial charge in [0.2, 0.25) is 0 Å². The molecule has 2 atom stereocenters. The van der Waals surface area contributed by atoms with Gasteiger partial charge in [-0.05, 0) is 63.0 Å². The lowest BCUT2D eigenvalue weighted by molar-refractivity contribution is -0.158. The number of alkyl halides is 3. The molecule has 1 N–H and O–H groups in total. The smallest absolute Gasteiger partial charge is 0.426 e. The zero-order valence-corrected chi connectivity index (χ0v) is 16.0. The first-order chi connectivity index (χ1) is 13.3. The van der Waals surface area contributed by atoms with Gasteiger partial charge in [-0.2, -0.15) is 13.2 Å². The molecule has 2 unspecified atom stereocenters. The van der Waals surface area contributed by atoms with Crippen LogP contribution in [0.5, 0.6) is 0 Å². The Morgan fingerprint density at radius 2 is 1.93 bits per heavy atom. The molecule has 0 spiro atoms. The Labute approximate surface area is 164 Å². The van der Waals surface area contributed by atoms with E-state index in [0.717, 1.165) is 43.9 Å². The maximum atomic E-state index is 12.6. The van der Waals surface area contributed by atoms with E-state index in [0.29, 0.717) is 22.4 Å². The fraction of sp³-hybridized carbons (Fsp3) is 0.474. The number of halogens is 3. The molecule has 150 valence electrons. The van der Waals surface area contributed by atoms with Gasteiger partial charge in [-0.3, -0.25) is 9.69 Å². The summed E-state index contributed by atoms with van der Waals surface area (Å²) >= 11 is 1.02. The number of hydrogen-bond acceptors (Lipinski definition) is 5. The average Bonchev–Trinajstić information content (AvgIpc) is 3.14. The molecule has 3 saturated heterocycles. The number of nitrogens with one attached hydrogen (secondary N) is 1. The molecule has 4 heterocycles. The van der Waals surface area contributed by atoms with E-state index >= 15 is 0 Å². The summed E-state index contributed by atoms with van der Waals surface area (Å²) in [5.74, 6) is -0.869. The number of fused-ring (bicyclic) bond motifs is 3. The summed E-state index contributed by atoms with van der Waals surface area (Å²) in [6.07, 6.45) is -1.33. The third-order valence-corrected chi connectivity index (χ3v) is 6.44. The monoisotopic (exact) mass is 411 g/mol. The molecule has 3 fully saturated rings. The topological polar surface area (TPSA) is 58.4 Å². The quantitative estimate of drug-likeness (QED) is 0.822. The number of carbonyl (C=O) groups is 1. The average molecular weight is 411 g/mol. The van der Waals surface area contributed by atoms with Gasteiger partial charge in [0.25, 0.3) is 5.91 Å². The first-order valence-corrected chi connectivity index (χ1v) is 9.99. The molecular formula is C19H20F3N3O2S. The Bertz CT molecular complexity index is 843. The van der Waals surface area contributed by atoms with Crippen LogP contribution in [0.3, 0.4) is 0 Å². The molecule has 0 aliphatic carbocycles. The summed E-state index contributed by atoms with van der Waals surface area (Å²) in [6.45, 7) is 4.35. The van der Waals surface area contributed by atoms with E-state index in [-0.39, 0.29) is 17.0 Å². The Morgan fingerprint density at radius 1 is 1.25 bits per heavy atom. The van der Waals surface area contributed by atoms with Crippen molar-refractivity contribution in [2.24, 2.45) is 5.92 Å². The van der Waals surface area contributed by atoms with E-state index in [9.17, 15) is 18.0 Å². The Hall–Kier alpha value is -2.00. The molecule has 1 aromatic heterocycles. The summed E-state index contributed by atoms with van der Waals surface area (Å²) in [6, 6.07) is 7.21. The molecule has 1 amide bonds. The number of nitrogens with zero attached hydrogens (tertiary/aromatic N) is 2. The number of aromatic nitrogens is 1. The molecule has 1 aromatic carbocycles. The first-order valence-electron chi connectivity index (χ1n) is 9.17. The van der Waals surface area contributed by atoms with Gasteiger partial charge < -0.3 is 9.73 Å². The third-order valence-electron chi connectivity index (χ3n) is 5.54. The van der Waals surface area contributed by atoms with Crippen LogP contribution in [0.4, 0.5) is 13.2 Å². The summed E-state index contributed by atoms with van der Waals surface area (Å²) in [7, 11) is 0. The number of rotatable bonds is 4. The van der Waals surface area contributed by atoms with Crippen LogP contribution in [-0.2, 0) is 6.18 Å². The van der Waals surface area contributed by atoms with Crippen molar-refractivity contribution in [2.75, 3.05) is 13.1 Å². The van der Waals surface area contributed by atoms with Crippen LogP contribution in [0, 0.1) is 5.92 Å². The van der Waals surface area contributed by atoms with Crippen molar-refractivity contribution in [1.29, 1.82) is 0 Å². The number of hydrogen-bond donors (Lipinski definition) is 1. The molecule has 28 heavy (non-hydrogen) atoms. The number of piperidine rings is 3. The van der Waals surface area contributed by atoms with Crippen molar-refractivity contribution < 1.29 is 22.4 Å². The zero-order valence-electron chi connectivity index (χ0n) is 15.2. The summed E-state index contributed by atoms with van der Waals surface area (Å²) in [5.41, 5.74) is 0.529. The third kappa shape index (κ3) is 3.91. The molecule has 3 aliphatic heterocycles. The number of amides is 1. The lowest BCUT2D eigenvalue weighted by atomic mass is 9.79. The van der Waals surface area contributed by atoms with Crippen molar-refractivity contribution in [3.05, 3.63) is 41.9 Å². The Morgan fingerprint density at radius 3 is 2.50 bits per heavy atom. The molecule has 5 nitrogen and oxygen atoms in total. The van der Waals surface area contributed by atoms with Gasteiger partial charge in [-0.1, -0.05) is 11.8 Å². The minimum atomic E-state index is -4.60. The minimum Gasteiger partial charge on any atom is -0.426 e. The predicted molar refractivity (Wildman–Crippen MR) is 97.1 cm³/mol. The molecule has 2 bridgehead atoms. The van der Waals surface area contributed by atoms with Crippen LogP contribution < -0.4 is 5.32 Å². The molecule has 2 aromatic rings. The standard InChI is InChI=1S/C19H20F3N3O2S/c1-11-16(12-6-8-25(11)9-7-12)24-17(26)13-2-4-14(5-3-13)28-15-10-23-18(27-15)19(20,21)22/h2-5,10-12,16H,6-9H2,1H3,(H,24,26). The normalized spacial score (nSPS) is 27.0. The van der Waals surface area contributed by atoms with Crippen molar-refractivity contribution in [2.45, 2.75) is 48.0 Å². The van der Waals surface area contributed by atoms with Crippen LogP contribution in [0.2, 0.25) is 0 Å². The summed E-state index contributed by atoms with van der Waals surface area (Å²) in [4.78, 5) is 18.9. The lowest BCUT2D eigenvalue weighted by Crippen LogP contribution is -2.62. The second-order valence-electron chi connectivity index (χ2n) is 7.22. The van der Waals surface area contributed by atoms with E-state index in [1.807, 2.05) is 0 Å². The van der Waals surface area contributed by atoms with Crippen molar-refractivity contribution in [3.63, 3.8) is 0 Å². The fourth-order valence-electron chi connectivity index (χ4n) is 4.01.